The number of esters is 5. The summed E-state index contributed by atoms with van der Waals surface area (Å²) >= 11 is 0. The van der Waals surface area contributed by atoms with Crippen molar-refractivity contribution in [1.29, 1.82) is 0 Å². The Morgan fingerprint density at radius 1 is 0.286 bits per heavy atom. The van der Waals surface area contributed by atoms with E-state index in [9.17, 15) is 62.3 Å². The molecule has 0 aromatic rings. The van der Waals surface area contributed by atoms with E-state index in [-0.39, 0.29) is 57.6 Å². The summed E-state index contributed by atoms with van der Waals surface area (Å²) in [7, 11) is 0. The highest BCUT2D eigenvalue weighted by molar-refractivity contribution is 5.85. The monoisotopic (exact) mass is 1700 g/mol. The predicted octanol–water partition coefficient (Wildman–Crippen LogP) is 15.7. The van der Waals surface area contributed by atoms with Crippen LogP contribution in [0.4, 0.5) is 28.8 Å². The van der Waals surface area contributed by atoms with E-state index in [2.05, 4.69) is 21.3 Å². The van der Waals surface area contributed by atoms with Crippen LogP contribution in [0.1, 0.15) is 333 Å². The predicted molar refractivity (Wildman–Crippen MR) is 453 cm³/mol. The lowest BCUT2D eigenvalue weighted by Gasteiger charge is -2.34. The molecule has 0 saturated heterocycles. The number of nitrogens with zero attached hydrogens (tertiary/aromatic N) is 4. The van der Waals surface area contributed by atoms with E-state index in [1.165, 1.54) is 6.42 Å². The summed E-state index contributed by atoms with van der Waals surface area (Å²) in [6.45, 7) is 40.4. The maximum Gasteiger partial charge on any atom is 0.410 e. The van der Waals surface area contributed by atoms with Crippen molar-refractivity contribution in [2.45, 2.75) is 391 Å². The van der Waals surface area contributed by atoms with Crippen LogP contribution >= 0.6 is 0 Å². The summed E-state index contributed by atoms with van der Waals surface area (Å²) in [5, 5.41) is 11.3. The van der Waals surface area contributed by atoms with Crippen molar-refractivity contribution in [3.63, 3.8) is 0 Å². The Hall–Kier alpha value is -8.09. The fourth-order valence-corrected chi connectivity index (χ4v) is 12.4. The highest BCUT2D eigenvalue weighted by Gasteiger charge is 2.47. The van der Waals surface area contributed by atoms with Crippen LogP contribution in [-0.4, -0.2) is 241 Å². The first-order chi connectivity index (χ1) is 55.2. The molecule has 0 fully saturated rings. The third-order valence-corrected chi connectivity index (χ3v) is 17.5. The van der Waals surface area contributed by atoms with Gasteiger partial charge < -0.3 is 93.0 Å². The second kappa shape index (κ2) is 58.8. The summed E-state index contributed by atoms with van der Waals surface area (Å²) in [4.78, 5) is 174. The van der Waals surface area contributed by atoms with Crippen LogP contribution in [0.3, 0.4) is 0 Å². The van der Waals surface area contributed by atoms with Gasteiger partial charge in [0.1, 0.15) is 40.2 Å². The zero-order valence-corrected chi connectivity index (χ0v) is 77.3. The van der Waals surface area contributed by atoms with Crippen molar-refractivity contribution in [2.24, 2.45) is 5.92 Å². The van der Waals surface area contributed by atoms with Crippen molar-refractivity contribution in [2.75, 3.05) is 85.1 Å². The van der Waals surface area contributed by atoms with Gasteiger partial charge in [-0.05, 0) is 195 Å². The van der Waals surface area contributed by atoms with E-state index in [0.29, 0.717) is 90.5 Å². The zero-order chi connectivity index (χ0) is 90.6. The quantitative estimate of drug-likeness (QED) is 0.0250. The molecule has 0 saturated carbocycles. The maximum atomic E-state index is 14.4. The summed E-state index contributed by atoms with van der Waals surface area (Å²) < 4.78 is 60.8. The van der Waals surface area contributed by atoms with Crippen LogP contribution in [0.5, 0.6) is 0 Å². The van der Waals surface area contributed by atoms with Gasteiger partial charge in [0.15, 0.2) is 18.3 Å². The van der Waals surface area contributed by atoms with E-state index in [1.54, 1.807) is 103 Å². The van der Waals surface area contributed by atoms with Gasteiger partial charge in [-0.1, -0.05) is 103 Å². The van der Waals surface area contributed by atoms with Gasteiger partial charge in [0.25, 0.3) is 5.91 Å². The number of carbonyl (C=O) groups is 13. The minimum atomic E-state index is -1.83. The molecule has 690 valence electrons. The van der Waals surface area contributed by atoms with Crippen molar-refractivity contribution in [3.05, 3.63) is 0 Å². The highest BCUT2D eigenvalue weighted by Crippen LogP contribution is 2.25. The number of alkyl carbamates (subject to hydrolysis) is 2. The first-order valence-corrected chi connectivity index (χ1v) is 43.5. The third kappa shape index (κ3) is 63.6. The largest absolute Gasteiger partial charge is 0.462 e. The number of ether oxygens (including phenoxy) is 11. The lowest BCUT2D eigenvalue weighted by molar-refractivity contribution is -0.203. The molecule has 0 heterocycles. The highest BCUT2D eigenvalue weighted by atomic mass is 16.6. The Morgan fingerprint density at radius 2 is 0.580 bits per heavy atom. The van der Waals surface area contributed by atoms with Crippen LogP contribution in [0.15, 0.2) is 0 Å². The van der Waals surface area contributed by atoms with Gasteiger partial charge in [0.05, 0.1) is 0 Å². The lowest BCUT2D eigenvalue weighted by atomic mass is 9.98. The standard InChI is InChI=1S/C87H158N8O24/c1-64(96)109-63-70(110-65(2)97)72(111-66(3)98)73(112-67(4)99)74(113-68(5)100)75(102)89-52-42-37-34-32-30-28-26-24-25-27-29-31-33-35-40-50-71(101)88-51-41-38-36-39-49-69(61-94(80(107)118-86(18,19)20)57-45-43-55-92(78(105)116-84(12,13)14)59-47-53-90-76(103)114-82(6,7)8)62-95(81(108)119-87(21,22)23)58-46-44-56-93(79(106)117-85(15,16)17)60-48-54-91-77(104)115-83(9,10)11/h69-70,72-74H,24-63H2,1-23H3,(H,88,101)(H,89,102)(H,90,103)(H,91,104)/t70-,72+,73-,74+/m1/s1. The molecule has 0 aliphatic heterocycles. The third-order valence-electron chi connectivity index (χ3n) is 17.5. The molecule has 0 bridgehead atoms. The minimum Gasteiger partial charge on any atom is -0.462 e. The molecule has 0 radical (unpaired) electrons. The maximum absolute atomic E-state index is 14.4. The van der Waals surface area contributed by atoms with Crippen molar-refractivity contribution < 1.29 is 114 Å². The van der Waals surface area contributed by atoms with Gasteiger partial charge in [-0.3, -0.25) is 33.6 Å². The Labute approximate surface area is 712 Å². The van der Waals surface area contributed by atoms with Crippen molar-refractivity contribution in [1.82, 2.24) is 40.9 Å². The van der Waals surface area contributed by atoms with Gasteiger partial charge in [0, 0.05) is 120 Å². The lowest BCUT2D eigenvalue weighted by Crippen LogP contribution is -2.57. The number of hydrogen-bond donors (Lipinski definition) is 4. The van der Waals surface area contributed by atoms with Crippen LogP contribution < -0.4 is 21.3 Å². The molecule has 0 aromatic heterocycles. The molecule has 0 aliphatic carbocycles. The Kier molecular flexibility index (Phi) is 54.8. The number of nitrogens with one attached hydrogen (secondary N) is 4. The van der Waals surface area contributed by atoms with Crippen LogP contribution in [0, 0.1) is 5.92 Å². The number of rotatable bonds is 57. The van der Waals surface area contributed by atoms with Gasteiger partial charge in [-0.2, -0.15) is 0 Å². The molecular weight excluding hydrogens is 1540 g/mol. The van der Waals surface area contributed by atoms with Crippen LogP contribution in [0.2, 0.25) is 0 Å². The molecule has 0 spiro atoms. The summed E-state index contributed by atoms with van der Waals surface area (Å²) in [6.07, 6.45) is 12.5. The average molecular weight is 1700 g/mol. The number of carbonyl (C=O) groups excluding carboxylic acids is 13. The Morgan fingerprint density at radius 3 is 0.924 bits per heavy atom. The molecule has 0 aliphatic rings. The molecule has 32 heteroatoms. The molecule has 8 amide bonds. The van der Waals surface area contributed by atoms with E-state index >= 15 is 0 Å². The number of amides is 8. The fourth-order valence-electron chi connectivity index (χ4n) is 12.4. The second-order valence-electron chi connectivity index (χ2n) is 36.7. The summed E-state index contributed by atoms with van der Waals surface area (Å²) in [5.74, 6) is -5.42. The molecule has 119 heavy (non-hydrogen) atoms. The molecular formula is C87H158N8O24. The number of hydrogen-bond acceptors (Lipinski definition) is 24. The molecule has 0 aromatic carbocycles. The van der Waals surface area contributed by atoms with E-state index in [0.717, 1.165) is 144 Å². The van der Waals surface area contributed by atoms with Gasteiger partial charge in [-0.15, -0.1) is 0 Å². The Balaban J connectivity index is 5.83. The Bertz CT molecular complexity index is 2890. The molecule has 0 unspecified atom stereocenters. The second-order valence-corrected chi connectivity index (χ2v) is 36.7. The normalized spacial score (nSPS) is 12.9. The first-order valence-electron chi connectivity index (χ1n) is 43.5. The summed E-state index contributed by atoms with van der Waals surface area (Å²) in [6, 6.07) is 0. The summed E-state index contributed by atoms with van der Waals surface area (Å²) in [5.41, 5.74) is -4.53. The van der Waals surface area contributed by atoms with Gasteiger partial charge in [-0.25, -0.2) is 28.8 Å². The minimum absolute atomic E-state index is 0.0377. The van der Waals surface area contributed by atoms with E-state index in [4.69, 9.17) is 52.1 Å². The number of unbranched alkanes of at least 4 members (excludes halogenated alkanes) is 19. The molecule has 0 rings (SSSR count). The zero-order valence-electron chi connectivity index (χ0n) is 77.3. The van der Waals surface area contributed by atoms with E-state index in [1.807, 2.05) is 41.5 Å². The van der Waals surface area contributed by atoms with Gasteiger partial charge in [0.2, 0.25) is 12.0 Å². The topological polar surface area (TPSA) is 385 Å². The SMILES string of the molecule is CC(=O)OC[C@@H](OC(C)=O)[C@H](OC(C)=O)[C@@H](OC(C)=O)[C@H](OC(C)=O)C(=O)NCCCCCCCCCCCCCCCCCC(=O)NCCCCCCC(CN(CCCCN(CCCNC(=O)OC(C)(C)C)C(=O)OC(C)(C)C)C(=O)OC(C)(C)C)CN(CCCCN(CCCNC(=O)OC(C)(C)C)C(=O)OC(C)(C)C)C(=O)OC(C)(C)C. The molecule has 32 nitrogen and oxygen atoms in total. The fraction of sp³-hybridized carbons (Fsp3) is 0.851. The first kappa shape index (κ1) is 111. The molecule has 4 N–H and O–H groups in total. The van der Waals surface area contributed by atoms with Crippen molar-refractivity contribution in [3.8, 4) is 0 Å². The van der Waals surface area contributed by atoms with Crippen LogP contribution in [0.25, 0.3) is 0 Å². The van der Waals surface area contributed by atoms with E-state index < -0.39 is 137 Å². The van der Waals surface area contributed by atoms with Gasteiger partial charge >= 0.3 is 66.4 Å². The smallest absolute Gasteiger partial charge is 0.410 e. The van der Waals surface area contributed by atoms with Crippen molar-refractivity contribution >= 4 is 78.2 Å². The van der Waals surface area contributed by atoms with Crippen LogP contribution in [-0.2, 0) is 85.7 Å². The average Bonchev–Trinajstić information content (AvgIpc) is 0.817. The molecule has 4 atom stereocenters.